The van der Waals surface area contributed by atoms with Gasteiger partial charge >= 0.3 is 0 Å². The third-order valence-electron chi connectivity index (χ3n) is 1.17. The van der Waals surface area contributed by atoms with Crippen molar-refractivity contribution >= 4 is 0 Å². The second-order valence-electron chi connectivity index (χ2n) is 1.88. The minimum Gasteiger partial charge on any atom is -0.265 e. The van der Waals surface area contributed by atoms with Gasteiger partial charge in [-0.15, -0.1) is 5.10 Å². The Labute approximate surface area is 62.5 Å². The van der Waals surface area contributed by atoms with Crippen molar-refractivity contribution in [2.75, 3.05) is 0 Å². The van der Waals surface area contributed by atoms with Crippen molar-refractivity contribution < 1.29 is 0 Å². The second kappa shape index (κ2) is 2.45. The third kappa shape index (κ3) is 1.07. The Bertz CT molecular complexity index is 314. The van der Waals surface area contributed by atoms with Crippen molar-refractivity contribution in [2.45, 2.75) is 0 Å². The molecule has 5 nitrogen and oxygen atoms in total. The quantitative estimate of drug-likeness (QED) is 0.617. The van der Waals surface area contributed by atoms with E-state index in [2.05, 4.69) is 31.6 Å². The third-order valence-corrected chi connectivity index (χ3v) is 1.17. The first kappa shape index (κ1) is 5.96. The maximum absolute atomic E-state index is 3.98. The highest BCUT2D eigenvalue weighted by Crippen LogP contribution is 2.06. The van der Waals surface area contributed by atoms with Crippen LogP contribution in [-0.2, 0) is 0 Å². The molecule has 0 atom stereocenters. The van der Waals surface area contributed by atoms with E-state index in [1.165, 1.54) is 0 Å². The van der Waals surface area contributed by atoms with Crippen molar-refractivity contribution in [1.29, 1.82) is 0 Å². The van der Waals surface area contributed by atoms with Crippen LogP contribution in [0.4, 0.5) is 0 Å². The Morgan fingerprint density at radius 1 is 1.36 bits per heavy atom. The molecule has 53 valence electrons. The van der Waals surface area contributed by atoms with Crippen LogP contribution in [0.2, 0.25) is 0 Å². The molecule has 0 saturated heterocycles. The van der Waals surface area contributed by atoms with E-state index >= 15 is 0 Å². The summed E-state index contributed by atoms with van der Waals surface area (Å²) in [6.07, 6.45) is 7.47. The molecule has 0 unspecified atom stereocenters. The van der Waals surface area contributed by atoms with Gasteiger partial charge < -0.3 is 0 Å². The number of H-pyrrole nitrogens is 1. The minimum atomic E-state index is 0.598. The van der Waals surface area contributed by atoms with Gasteiger partial charge in [-0.3, -0.25) is 15.1 Å². The highest BCUT2D eigenvalue weighted by atomic mass is 15.3. The lowest BCUT2D eigenvalue weighted by Gasteiger charge is -1.88. The zero-order chi connectivity index (χ0) is 7.52. The Balaban J connectivity index is 2.46. The summed E-state index contributed by atoms with van der Waals surface area (Å²) < 4.78 is 0. The molecule has 2 rings (SSSR count). The Morgan fingerprint density at radius 2 is 2.36 bits per heavy atom. The van der Waals surface area contributed by atoms with Crippen molar-refractivity contribution in [1.82, 2.24) is 25.4 Å². The molecule has 1 N–H and O–H groups in total. The van der Waals surface area contributed by atoms with Crippen LogP contribution in [0.15, 0.2) is 18.6 Å². The lowest BCUT2D eigenvalue weighted by molar-refractivity contribution is 0.940. The molecule has 11 heavy (non-hydrogen) atoms. The van der Waals surface area contributed by atoms with E-state index in [9.17, 15) is 0 Å². The summed E-state index contributed by atoms with van der Waals surface area (Å²) in [6, 6.07) is 0. The molecule has 2 aromatic rings. The van der Waals surface area contributed by atoms with Gasteiger partial charge in [0.2, 0.25) is 0 Å². The van der Waals surface area contributed by atoms with Gasteiger partial charge in [0.05, 0.1) is 6.20 Å². The number of nitrogens with zero attached hydrogens (tertiary/aromatic N) is 4. The maximum Gasteiger partial charge on any atom is 0.133 e. The minimum absolute atomic E-state index is 0.598. The zero-order valence-corrected chi connectivity index (χ0v) is 5.52. The number of hydrogen-bond acceptors (Lipinski definition) is 4. The van der Waals surface area contributed by atoms with Crippen LogP contribution in [0.25, 0.3) is 11.4 Å². The molecule has 0 saturated carbocycles. The SMILES string of the molecule is [c]1nccnc1-c1c[nH]nn1. The zero-order valence-electron chi connectivity index (χ0n) is 5.52. The number of hydrogen-bond donors (Lipinski definition) is 1. The summed E-state index contributed by atoms with van der Waals surface area (Å²) in [7, 11) is 0. The smallest absolute Gasteiger partial charge is 0.133 e. The molecule has 0 bridgehead atoms. The summed E-state index contributed by atoms with van der Waals surface area (Å²) in [4.78, 5) is 7.75. The van der Waals surface area contributed by atoms with Gasteiger partial charge in [-0.25, -0.2) is 0 Å². The average Bonchev–Trinajstić information content (AvgIpc) is 2.58. The lowest BCUT2D eigenvalue weighted by Crippen LogP contribution is -1.84. The number of aromatic nitrogens is 5. The van der Waals surface area contributed by atoms with Crippen LogP contribution in [-0.4, -0.2) is 25.4 Å². The molecule has 0 aliphatic carbocycles. The number of rotatable bonds is 1. The maximum atomic E-state index is 3.98. The molecule has 5 heteroatoms. The van der Waals surface area contributed by atoms with Crippen LogP contribution in [0.5, 0.6) is 0 Å². The van der Waals surface area contributed by atoms with Gasteiger partial charge in [-0.1, -0.05) is 5.21 Å². The lowest BCUT2D eigenvalue weighted by atomic mass is 10.3. The molecule has 0 fully saturated rings. The van der Waals surface area contributed by atoms with Gasteiger partial charge in [-0.05, 0) is 0 Å². The van der Waals surface area contributed by atoms with Crippen molar-refractivity contribution in [3.63, 3.8) is 0 Å². The van der Waals surface area contributed by atoms with E-state index in [-0.39, 0.29) is 0 Å². The van der Waals surface area contributed by atoms with Crippen LogP contribution in [0.1, 0.15) is 0 Å². The van der Waals surface area contributed by atoms with Gasteiger partial charge in [-0.2, -0.15) is 0 Å². The fourth-order valence-electron chi connectivity index (χ4n) is 0.709. The van der Waals surface area contributed by atoms with Gasteiger partial charge in [0.1, 0.15) is 17.6 Å². The summed E-state index contributed by atoms with van der Waals surface area (Å²) >= 11 is 0. The molecular formula is C6H4N5. The Hall–Kier alpha value is -1.78. The van der Waals surface area contributed by atoms with Crippen LogP contribution < -0.4 is 0 Å². The number of nitrogens with one attached hydrogen (secondary N) is 1. The largest absolute Gasteiger partial charge is 0.265 e. The van der Waals surface area contributed by atoms with E-state index in [0.717, 1.165) is 0 Å². The van der Waals surface area contributed by atoms with Crippen molar-refractivity contribution in [3.05, 3.63) is 24.8 Å². The van der Waals surface area contributed by atoms with Crippen LogP contribution in [0, 0.1) is 6.20 Å². The monoisotopic (exact) mass is 146 g/mol. The summed E-state index contributed by atoms with van der Waals surface area (Å²) in [5.74, 6) is 0. The molecular weight excluding hydrogens is 142 g/mol. The molecule has 1 radical (unpaired) electrons. The Kier molecular flexibility index (Phi) is 1.33. The van der Waals surface area contributed by atoms with Gasteiger partial charge in [0.25, 0.3) is 0 Å². The molecule has 2 aromatic heterocycles. The van der Waals surface area contributed by atoms with Crippen LogP contribution in [0.3, 0.4) is 0 Å². The first-order chi connectivity index (χ1) is 5.47. The summed E-state index contributed by atoms with van der Waals surface area (Å²) in [5, 5.41) is 9.86. The van der Waals surface area contributed by atoms with E-state index in [0.29, 0.717) is 11.4 Å². The summed E-state index contributed by atoms with van der Waals surface area (Å²) in [5.41, 5.74) is 1.25. The van der Waals surface area contributed by atoms with Gasteiger partial charge in [0.15, 0.2) is 0 Å². The Morgan fingerprint density at radius 3 is 3.00 bits per heavy atom. The fourth-order valence-corrected chi connectivity index (χ4v) is 0.709. The highest BCUT2D eigenvalue weighted by Gasteiger charge is 2.00. The second-order valence-corrected chi connectivity index (χ2v) is 1.88. The molecule has 0 aliphatic heterocycles. The molecule has 0 amide bonds. The predicted molar refractivity (Wildman–Crippen MR) is 36.2 cm³/mol. The van der Waals surface area contributed by atoms with E-state index in [1.54, 1.807) is 18.6 Å². The first-order valence-electron chi connectivity index (χ1n) is 3.02. The molecule has 0 aliphatic rings. The van der Waals surface area contributed by atoms with Crippen molar-refractivity contribution in [3.8, 4) is 11.4 Å². The topological polar surface area (TPSA) is 67.3 Å². The highest BCUT2D eigenvalue weighted by molar-refractivity contribution is 5.48. The van der Waals surface area contributed by atoms with E-state index < -0.39 is 0 Å². The predicted octanol–water partition coefficient (Wildman–Crippen LogP) is 0.0619. The van der Waals surface area contributed by atoms with E-state index in [1.807, 2.05) is 0 Å². The average molecular weight is 146 g/mol. The molecule has 2 heterocycles. The standard InChI is InChI=1S/C6H4N5/c1-2-8-5(3-7-1)6-4-9-11-10-6/h1-2,4H,(H,9,10,11). The van der Waals surface area contributed by atoms with E-state index in [4.69, 9.17) is 0 Å². The first-order valence-corrected chi connectivity index (χ1v) is 3.02. The molecule has 0 aromatic carbocycles. The fraction of sp³-hybridized carbons (Fsp3) is 0. The molecule has 0 spiro atoms. The van der Waals surface area contributed by atoms with Crippen LogP contribution >= 0.6 is 0 Å². The van der Waals surface area contributed by atoms with Gasteiger partial charge in [0, 0.05) is 12.4 Å². The van der Waals surface area contributed by atoms with Crippen molar-refractivity contribution in [2.24, 2.45) is 0 Å². The normalized spacial score (nSPS) is 9.82. The number of aromatic amines is 1. The summed E-state index contributed by atoms with van der Waals surface area (Å²) in [6.45, 7) is 0.